The quantitative estimate of drug-likeness (QED) is 0.415. The number of esters is 1. The standard InChI is InChI=1S/C13H18O5S/c1-19(15,16)18-11-7-3-6-10-17-13(14)12-8-4-2-5-9-12/h2,4-5,8-9H,3,6-7,10-11H2,1H3. The first-order chi connectivity index (χ1) is 8.99. The van der Waals surface area contributed by atoms with Crippen molar-refractivity contribution in [2.75, 3.05) is 19.5 Å². The second-order valence-corrected chi connectivity index (χ2v) is 5.73. The molecule has 0 radical (unpaired) electrons. The minimum atomic E-state index is -3.35. The highest BCUT2D eigenvalue weighted by molar-refractivity contribution is 7.85. The summed E-state index contributed by atoms with van der Waals surface area (Å²) < 4.78 is 31.0. The van der Waals surface area contributed by atoms with Crippen LogP contribution in [0.1, 0.15) is 29.6 Å². The minimum Gasteiger partial charge on any atom is -0.462 e. The van der Waals surface area contributed by atoms with Crippen molar-refractivity contribution < 1.29 is 22.1 Å². The molecule has 106 valence electrons. The Kier molecular flexibility index (Phi) is 6.52. The summed E-state index contributed by atoms with van der Waals surface area (Å²) in [4.78, 5) is 11.5. The molecule has 1 aromatic rings. The van der Waals surface area contributed by atoms with Crippen molar-refractivity contribution in [1.82, 2.24) is 0 Å². The van der Waals surface area contributed by atoms with Crippen LogP contribution in [0.2, 0.25) is 0 Å². The summed E-state index contributed by atoms with van der Waals surface area (Å²) >= 11 is 0. The Morgan fingerprint density at radius 1 is 1.05 bits per heavy atom. The van der Waals surface area contributed by atoms with Crippen LogP contribution in [0.4, 0.5) is 0 Å². The number of rotatable bonds is 8. The maximum absolute atomic E-state index is 11.5. The van der Waals surface area contributed by atoms with E-state index >= 15 is 0 Å². The van der Waals surface area contributed by atoms with E-state index in [9.17, 15) is 13.2 Å². The highest BCUT2D eigenvalue weighted by Gasteiger charge is 2.05. The molecular formula is C13H18O5S. The normalized spacial score (nSPS) is 11.2. The van der Waals surface area contributed by atoms with Crippen molar-refractivity contribution in [2.45, 2.75) is 19.3 Å². The van der Waals surface area contributed by atoms with Crippen molar-refractivity contribution in [2.24, 2.45) is 0 Å². The van der Waals surface area contributed by atoms with Crippen LogP contribution in [-0.4, -0.2) is 33.9 Å². The molecular weight excluding hydrogens is 268 g/mol. The number of carbonyl (C=O) groups is 1. The highest BCUT2D eigenvalue weighted by Crippen LogP contribution is 2.03. The van der Waals surface area contributed by atoms with E-state index in [0.29, 0.717) is 25.0 Å². The molecule has 0 spiro atoms. The molecule has 1 aromatic carbocycles. The fourth-order valence-corrected chi connectivity index (χ4v) is 1.83. The lowest BCUT2D eigenvalue weighted by Gasteiger charge is -2.04. The molecule has 0 aliphatic rings. The van der Waals surface area contributed by atoms with E-state index < -0.39 is 10.1 Å². The second-order valence-electron chi connectivity index (χ2n) is 4.09. The number of carbonyl (C=O) groups excluding carboxylic acids is 1. The SMILES string of the molecule is CS(=O)(=O)OCCCCCOC(=O)c1ccccc1. The van der Waals surface area contributed by atoms with Crippen LogP contribution in [0.5, 0.6) is 0 Å². The van der Waals surface area contributed by atoms with Crippen molar-refractivity contribution in [3.8, 4) is 0 Å². The third-order valence-corrected chi connectivity index (χ3v) is 2.92. The van der Waals surface area contributed by atoms with Crippen molar-refractivity contribution in [3.63, 3.8) is 0 Å². The van der Waals surface area contributed by atoms with Gasteiger partial charge in [0.15, 0.2) is 0 Å². The van der Waals surface area contributed by atoms with Gasteiger partial charge in [-0.3, -0.25) is 4.18 Å². The number of unbranched alkanes of at least 4 members (excludes halogenated alkanes) is 2. The first kappa shape index (κ1) is 15.7. The lowest BCUT2D eigenvalue weighted by atomic mass is 10.2. The molecule has 0 unspecified atom stereocenters. The smallest absolute Gasteiger partial charge is 0.338 e. The van der Waals surface area contributed by atoms with Crippen LogP contribution in [-0.2, 0) is 19.0 Å². The Bertz CT molecular complexity index is 481. The molecule has 0 bridgehead atoms. The Morgan fingerprint density at radius 2 is 1.68 bits per heavy atom. The van der Waals surface area contributed by atoms with Crippen LogP contribution in [0.25, 0.3) is 0 Å². The molecule has 5 nitrogen and oxygen atoms in total. The van der Waals surface area contributed by atoms with Gasteiger partial charge in [0.25, 0.3) is 10.1 Å². The first-order valence-corrected chi connectivity index (χ1v) is 7.87. The molecule has 0 aliphatic carbocycles. The molecule has 19 heavy (non-hydrogen) atoms. The maximum atomic E-state index is 11.5. The molecule has 0 amide bonds. The van der Waals surface area contributed by atoms with E-state index in [4.69, 9.17) is 4.74 Å². The zero-order chi connectivity index (χ0) is 14.1. The van der Waals surface area contributed by atoms with Crippen LogP contribution in [0, 0.1) is 0 Å². The summed E-state index contributed by atoms with van der Waals surface area (Å²) in [5, 5.41) is 0. The molecule has 0 heterocycles. The molecule has 0 aliphatic heterocycles. The van der Waals surface area contributed by atoms with E-state index in [1.807, 2.05) is 6.07 Å². The summed E-state index contributed by atoms with van der Waals surface area (Å²) in [5.74, 6) is -0.340. The Hall–Kier alpha value is -1.40. The maximum Gasteiger partial charge on any atom is 0.338 e. The summed E-state index contributed by atoms with van der Waals surface area (Å²) in [6.07, 6.45) is 3.08. The largest absolute Gasteiger partial charge is 0.462 e. The molecule has 6 heteroatoms. The molecule has 0 aromatic heterocycles. The monoisotopic (exact) mass is 286 g/mol. The van der Waals surface area contributed by atoms with Gasteiger partial charge in [0.2, 0.25) is 0 Å². The molecule has 1 rings (SSSR count). The van der Waals surface area contributed by atoms with Crippen LogP contribution < -0.4 is 0 Å². The fraction of sp³-hybridized carbons (Fsp3) is 0.462. The van der Waals surface area contributed by atoms with Crippen molar-refractivity contribution >= 4 is 16.1 Å². The van der Waals surface area contributed by atoms with E-state index in [1.54, 1.807) is 24.3 Å². The van der Waals surface area contributed by atoms with Gasteiger partial charge in [0.1, 0.15) is 0 Å². The summed E-state index contributed by atoms with van der Waals surface area (Å²) in [6, 6.07) is 8.78. The topological polar surface area (TPSA) is 69.7 Å². The minimum absolute atomic E-state index is 0.172. The summed E-state index contributed by atoms with van der Waals surface area (Å²) in [7, 11) is -3.35. The van der Waals surface area contributed by atoms with E-state index in [2.05, 4.69) is 4.18 Å². The molecule has 0 atom stereocenters. The molecule has 0 fully saturated rings. The number of hydrogen-bond donors (Lipinski definition) is 0. The van der Waals surface area contributed by atoms with Crippen molar-refractivity contribution in [1.29, 1.82) is 0 Å². The zero-order valence-corrected chi connectivity index (χ0v) is 11.7. The average Bonchev–Trinajstić information content (AvgIpc) is 2.37. The van der Waals surface area contributed by atoms with Gasteiger partial charge in [0.05, 0.1) is 25.0 Å². The summed E-state index contributed by atoms with van der Waals surface area (Å²) in [5.41, 5.74) is 0.530. The third-order valence-electron chi connectivity index (χ3n) is 2.33. The Labute approximate surface area is 113 Å². The number of ether oxygens (including phenoxy) is 1. The lowest BCUT2D eigenvalue weighted by Crippen LogP contribution is -2.07. The van der Waals surface area contributed by atoms with Gasteiger partial charge in [-0.1, -0.05) is 18.2 Å². The van der Waals surface area contributed by atoms with E-state index in [1.165, 1.54) is 0 Å². The van der Waals surface area contributed by atoms with Gasteiger partial charge >= 0.3 is 5.97 Å². The van der Waals surface area contributed by atoms with Crippen molar-refractivity contribution in [3.05, 3.63) is 35.9 Å². The van der Waals surface area contributed by atoms with Gasteiger partial charge in [-0.25, -0.2) is 4.79 Å². The van der Waals surface area contributed by atoms with Gasteiger partial charge in [0, 0.05) is 0 Å². The molecule has 0 N–H and O–H groups in total. The lowest BCUT2D eigenvalue weighted by molar-refractivity contribution is 0.0497. The molecule has 0 saturated carbocycles. The van der Waals surface area contributed by atoms with Crippen LogP contribution in [0.15, 0.2) is 30.3 Å². The molecule has 0 saturated heterocycles. The highest BCUT2D eigenvalue weighted by atomic mass is 32.2. The van der Waals surface area contributed by atoms with E-state index in [0.717, 1.165) is 12.7 Å². The zero-order valence-electron chi connectivity index (χ0n) is 10.9. The van der Waals surface area contributed by atoms with Gasteiger partial charge in [-0.15, -0.1) is 0 Å². The van der Waals surface area contributed by atoms with Crippen LogP contribution >= 0.6 is 0 Å². The Morgan fingerprint density at radius 3 is 2.32 bits per heavy atom. The second kappa shape index (κ2) is 7.91. The van der Waals surface area contributed by atoms with Gasteiger partial charge < -0.3 is 4.74 Å². The predicted octanol–water partition coefficient (Wildman–Crippen LogP) is 1.99. The average molecular weight is 286 g/mol. The van der Waals surface area contributed by atoms with E-state index in [-0.39, 0.29) is 12.6 Å². The third kappa shape index (κ3) is 7.58. The fourth-order valence-electron chi connectivity index (χ4n) is 1.41. The predicted molar refractivity (Wildman–Crippen MR) is 71.4 cm³/mol. The van der Waals surface area contributed by atoms with Gasteiger partial charge in [-0.2, -0.15) is 8.42 Å². The number of hydrogen-bond acceptors (Lipinski definition) is 5. The summed E-state index contributed by atoms with van der Waals surface area (Å²) in [6.45, 7) is 0.498. The van der Waals surface area contributed by atoms with Gasteiger partial charge in [-0.05, 0) is 31.4 Å². The van der Waals surface area contributed by atoms with Crippen LogP contribution in [0.3, 0.4) is 0 Å². The number of benzene rings is 1. The Balaban J connectivity index is 2.07. The first-order valence-electron chi connectivity index (χ1n) is 6.05.